The van der Waals surface area contributed by atoms with Crippen LogP contribution in [0.4, 0.5) is 22.7 Å². The number of benzene rings is 4. The maximum absolute atomic E-state index is 12.7. The van der Waals surface area contributed by atoms with Gasteiger partial charge in [0.1, 0.15) is 11.5 Å². The molecule has 0 radical (unpaired) electrons. The molecule has 0 unspecified atom stereocenters. The van der Waals surface area contributed by atoms with E-state index in [2.05, 4.69) is 34.3 Å². The van der Waals surface area contributed by atoms with Crippen molar-refractivity contribution in [3.63, 3.8) is 0 Å². The van der Waals surface area contributed by atoms with Gasteiger partial charge in [0.25, 0.3) is 0 Å². The van der Waals surface area contributed by atoms with Crippen molar-refractivity contribution in [3.05, 3.63) is 97.1 Å². The second-order valence-corrected chi connectivity index (χ2v) is 20.6. The van der Waals surface area contributed by atoms with E-state index in [9.17, 15) is 16.8 Å². The van der Waals surface area contributed by atoms with E-state index < -0.39 is 19.7 Å². The molecule has 0 saturated carbocycles. The molecule has 63 heavy (non-hydrogen) atoms. The van der Waals surface area contributed by atoms with E-state index in [4.69, 9.17) is 9.47 Å². The third-order valence-electron chi connectivity index (χ3n) is 11.0. The van der Waals surface area contributed by atoms with E-state index in [1.807, 2.05) is 48.5 Å². The summed E-state index contributed by atoms with van der Waals surface area (Å²) < 4.78 is 62.6. The molecule has 12 heteroatoms. The molecule has 0 amide bonds. The standard InChI is InChI=1S/C51H72N4O6S2/c1-3-5-7-9-18-22-42-62(56,57)50-36-28-46(29-37-50)54-52-44-24-32-48(33-25-44)60-40-20-16-14-12-11-13-15-17-21-41-61-49-34-26-45(27-35-49)53-55-47-30-38-51(39-31-47)63(58,59)43-23-19-10-8-6-4-2/h24-39H,3-23,40-43H2,1-2H3. The summed E-state index contributed by atoms with van der Waals surface area (Å²) in [4.78, 5) is 0.677. The van der Waals surface area contributed by atoms with Gasteiger partial charge in [-0.1, -0.05) is 123 Å². The van der Waals surface area contributed by atoms with Crippen LogP contribution in [-0.2, 0) is 19.7 Å². The van der Waals surface area contributed by atoms with Crippen LogP contribution in [0.25, 0.3) is 0 Å². The van der Waals surface area contributed by atoms with Gasteiger partial charge in [-0.15, -0.1) is 0 Å². The zero-order valence-electron chi connectivity index (χ0n) is 38.0. The highest BCUT2D eigenvalue weighted by Crippen LogP contribution is 2.26. The molecule has 344 valence electrons. The minimum absolute atomic E-state index is 0.183. The van der Waals surface area contributed by atoms with Crippen molar-refractivity contribution in [3.8, 4) is 11.5 Å². The molecule has 0 atom stereocenters. The van der Waals surface area contributed by atoms with E-state index in [1.54, 1.807) is 48.5 Å². The summed E-state index contributed by atoms with van der Waals surface area (Å²) in [6.45, 7) is 5.72. The summed E-state index contributed by atoms with van der Waals surface area (Å²) in [6.07, 6.45) is 23.1. The fourth-order valence-corrected chi connectivity index (χ4v) is 9.83. The second kappa shape index (κ2) is 29.9. The topological polar surface area (TPSA) is 136 Å². The largest absolute Gasteiger partial charge is 0.494 e. The van der Waals surface area contributed by atoms with Gasteiger partial charge in [-0.2, -0.15) is 20.5 Å². The Balaban J connectivity index is 0.978. The zero-order valence-corrected chi connectivity index (χ0v) is 39.6. The van der Waals surface area contributed by atoms with Crippen molar-refractivity contribution in [2.45, 2.75) is 158 Å². The lowest BCUT2D eigenvalue weighted by Gasteiger charge is -2.07. The number of nitrogens with zero attached hydrogens (tertiary/aromatic N) is 4. The van der Waals surface area contributed by atoms with Gasteiger partial charge in [-0.05, 0) is 123 Å². The minimum Gasteiger partial charge on any atom is -0.494 e. The maximum Gasteiger partial charge on any atom is 0.178 e. The van der Waals surface area contributed by atoms with Crippen molar-refractivity contribution < 1.29 is 26.3 Å². The van der Waals surface area contributed by atoms with Crippen LogP contribution >= 0.6 is 0 Å². The maximum atomic E-state index is 12.7. The molecule has 0 aromatic heterocycles. The van der Waals surface area contributed by atoms with Gasteiger partial charge in [-0.25, -0.2) is 16.8 Å². The minimum atomic E-state index is -3.28. The van der Waals surface area contributed by atoms with E-state index in [0.29, 0.717) is 58.6 Å². The zero-order chi connectivity index (χ0) is 44.9. The normalized spacial score (nSPS) is 12.1. The van der Waals surface area contributed by atoms with Gasteiger partial charge < -0.3 is 9.47 Å². The van der Waals surface area contributed by atoms with Gasteiger partial charge in [0.15, 0.2) is 19.7 Å². The van der Waals surface area contributed by atoms with Crippen molar-refractivity contribution in [1.82, 2.24) is 0 Å². The van der Waals surface area contributed by atoms with Gasteiger partial charge >= 0.3 is 0 Å². The molecule has 4 aromatic rings. The Bertz CT molecular complexity index is 1950. The molecule has 0 saturated heterocycles. The third kappa shape index (κ3) is 21.2. The monoisotopic (exact) mass is 900 g/mol. The smallest absolute Gasteiger partial charge is 0.178 e. The van der Waals surface area contributed by atoms with Crippen LogP contribution in [0.2, 0.25) is 0 Å². The molecule has 0 bridgehead atoms. The van der Waals surface area contributed by atoms with Crippen LogP contribution in [0.5, 0.6) is 11.5 Å². The molecule has 4 aromatic carbocycles. The summed E-state index contributed by atoms with van der Waals surface area (Å²) in [5, 5.41) is 17.2. The first kappa shape index (κ1) is 51.2. The lowest BCUT2D eigenvalue weighted by molar-refractivity contribution is 0.302. The number of unbranched alkanes of at least 4 members (excludes halogenated alkanes) is 18. The first-order chi connectivity index (χ1) is 30.7. The van der Waals surface area contributed by atoms with Crippen molar-refractivity contribution in [2.24, 2.45) is 20.5 Å². The Morgan fingerprint density at radius 2 is 0.587 bits per heavy atom. The highest BCUT2D eigenvalue weighted by Gasteiger charge is 2.15. The summed E-state index contributed by atoms with van der Waals surface area (Å²) in [7, 11) is -6.56. The summed E-state index contributed by atoms with van der Waals surface area (Å²) in [6, 6.07) is 28.4. The first-order valence-corrected chi connectivity index (χ1v) is 26.9. The fraction of sp³-hybridized carbons (Fsp3) is 0.529. The molecular formula is C51H72N4O6S2. The second-order valence-electron chi connectivity index (χ2n) is 16.4. The van der Waals surface area contributed by atoms with Crippen LogP contribution in [0.1, 0.15) is 149 Å². The average molecular weight is 901 g/mol. The molecule has 0 spiro atoms. The number of ether oxygens (including phenoxy) is 2. The Morgan fingerprint density at radius 3 is 0.889 bits per heavy atom. The number of azo groups is 2. The van der Waals surface area contributed by atoms with Gasteiger partial charge in [-0.3, -0.25) is 0 Å². The lowest BCUT2D eigenvalue weighted by atomic mass is 10.1. The molecule has 4 rings (SSSR count). The fourth-order valence-electron chi connectivity index (χ4n) is 7.09. The highest BCUT2D eigenvalue weighted by molar-refractivity contribution is 7.91. The first-order valence-electron chi connectivity index (χ1n) is 23.6. The van der Waals surface area contributed by atoms with E-state index >= 15 is 0 Å². The van der Waals surface area contributed by atoms with Crippen LogP contribution < -0.4 is 9.47 Å². The molecule has 0 N–H and O–H groups in total. The van der Waals surface area contributed by atoms with Crippen LogP contribution in [0, 0.1) is 0 Å². The van der Waals surface area contributed by atoms with Crippen LogP contribution in [-0.4, -0.2) is 41.6 Å². The summed E-state index contributed by atoms with van der Waals surface area (Å²) >= 11 is 0. The van der Waals surface area contributed by atoms with Gasteiger partial charge in [0.2, 0.25) is 0 Å². The molecule has 0 aliphatic heterocycles. The number of rotatable bonds is 34. The number of hydrogen-bond acceptors (Lipinski definition) is 10. The SMILES string of the molecule is CCCCCCCCS(=O)(=O)c1ccc(N=Nc2ccc(OCCCCCCCCCCCOc3ccc(N=Nc4ccc(S(=O)(=O)CCCCCCCC)cc4)cc3)cc2)cc1. The molecule has 0 aliphatic carbocycles. The highest BCUT2D eigenvalue weighted by atomic mass is 32.2. The predicted octanol–water partition coefficient (Wildman–Crippen LogP) is 15.8. The summed E-state index contributed by atoms with van der Waals surface area (Å²) in [5.41, 5.74) is 2.63. The Kier molecular flexibility index (Phi) is 24.3. The molecule has 0 fully saturated rings. The molecule has 10 nitrogen and oxygen atoms in total. The number of hydrogen-bond donors (Lipinski definition) is 0. The summed E-state index contributed by atoms with van der Waals surface area (Å²) in [5.74, 6) is 1.99. The van der Waals surface area contributed by atoms with Gasteiger partial charge in [0, 0.05) is 0 Å². The van der Waals surface area contributed by atoms with Crippen LogP contribution in [0.3, 0.4) is 0 Å². The van der Waals surface area contributed by atoms with E-state index in [-0.39, 0.29) is 11.5 Å². The van der Waals surface area contributed by atoms with E-state index in [1.165, 1.54) is 70.6 Å². The van der Waals surface area contributed by atoms with Crippen LogP contribution in [0.15, 0.2) is 127 Å². The van der Waals surface area contributed by atoms with Gasteiger partial charge in [0.05, 0.1) is 57.3 Å². The molecular weight excluding hydrogens is 829 g/mol. The third-order valence-corrected chi connectivity index (χ3v) is 14.6. The Morgan fingerprint density at radius 1 is 0.333 bits per heavy atom. The lowest BCUT2D eigenvalue weighted by Crippen LogP contribution is -2.06. The quantitative estimate of drug-likeness (QED) is 0.0338. The van der Waals surface area contributed by atoms with Crippen molar-refractivity contribution in [1.29, 1.82) is 0 Å². The van der Waals surface area contributed by atoms with Crippen molar-refractivity contribution in [2.75, 3.05) is 24.7 Å². The Hall–Kier alpha value is -4.42. The Labute approximate surface area is 379 Å². The van der Waals surface area contributed by atoms with E-state index in [0.717, 1.165) is 62.9 Å². The predicted molar refractivity (Wildman–Crippen MR) is 258 cm³/mol. The van der Waals surface area contributed by atoms with Crippen molar-refractivity contribution >= 4 is 42.4 Å². The number of sulfone groups is 2. The molecule has 0 aliphatic rings. The molecule has 0 heterocycles. The average Bonchev–Trinajstić information content (AvgIpc) is 3.30.